The first kappa shape index (κ1) is 15.1. The van der Waals surface area contributed by atoms with Gasteiger partial charge in [-0.3, -0.25) is 9.36 Å². The van der Waals surface area contributed by atoms with Crippen molar-refractivity contribution in [3.8, 4) is 0 Å². The predicted molar refractivity (Wildman–Crippen MR) is 78.4 cm³/mol. The second-order valence-corrected chi connectivity index (χ2v) is 5.85. The molecule has 112 valence electrons. The average Bonchev–Trinajstić information content (AvgIpc) is 2.81. The molecular weight excluding hydrogens is 278 g/mol. The van der Waals surface area contributed by atoms with Crippen LogP contribution in [0.1, 0.15) is 13.3 Å². The van der Waals surface area contributed by atoms with E-state index in [0.717, 1.165) is 45.1 Å². The summed E-state index contributed by atoms with van der Waals surface area (Å²) >= 11 is 1.23. The van der Waals surface area contributed by atoms with E-state index in [4.69, 9.17) is 5.11 Å². The van der Waals surface area contributed by atoms with Crippen molar-refractivity contribution in [3.63, 3.8) is 0 Å². The molecule has 1 aromatic heterocycles. The summed E-state index contributed by atoms with van der Waals surface area (Å²) in [7, 11) is 2.11. The Bertz CT molecular complexity index is 457. The standard InChI is InChI=1S/C12H21N5O2S/c1-3-4-17-11(16-7-5-15(2)6-8-16)13-14-12(17)20-9-10(18)19/h3-9H2,1-2H3,(H,18,19). The summed E-state index contributed by atoms with van der Waals surface area (Å²) in [4.78, 5) is 15.2. The van der Waals surface area contributed by atoms with Crippen molar-refractivity contribution < 1.29 is 9.90 Å². The zero-order valence-corrected chi connectivity index (χ0v) is 12.8. The van der Waals surface area contributed by atoms with Crippen molar-refractivity contribution in [3.05, 3.63) is 0 Å². The molecule has 0 amide bonds. The van der Waals surface area contributed by atoms with Crippen molar-refractivity contribution in [1.29, 1.82) is 0 Å². The van der Waals surface area contributed by atoms with E-state index in [1.54, 1.807) is 0 Å². The molecule has 1 aliphatic heterocycles. The van der Waals surface area contributed by atoms with E-state index in [-0.39, 0.29) is 5.75 Å². The van der Waals surface area contributed by atoms with Crippen molar-refractivity contribution >= 4 is 23.7 Å². The van der Waals surface area contributed by atoms with Gasteiger partial charge in [0.05, 0.1) is 5.75 Å². The molecule has 0 aliphatic carbocycles. The van der Waals surface area contributed by atoms with E-state index in [2.05, 4.69) is 34.0 Å². The molecule has 8 heteroatoms. The van der Waals surface area contributed by atoms with E-state index in [0.29, 0.717) is 5.16 Å². The van der Waals surface area contributed by atoms with Crippen LogP contribution in [0, 0.1) is 0 Å². The van der Waals surface area contributed by atoms with Crippen molar-refractivity contribution in [2.24, 2.45) is 0 Å². The first-order chi connectivity index (χ1) is 9.61. The van der Waals surface area contributed by atoms with Gasteiger partial charge >= 0.3 is 5.97 Å². The first-order valence-electron chi connectivity index (χ1n) is 6.83. The minimum Gasteiger partial charge on any atom is -0.481 e. The normalized spacial score (nSPS) is 16.6. The fourth-order valence-corrected chi connectivity index (χ4v) is 2.85. The Morgan fingerprint density at radius 3 is 2.60 bits per heavy atom. The topological polar surface area (TPSA) is 74.5 Å². The number of piperazine rings is 1. The molecule has 1 saturated heterocycles. The summed E-state index contributed by atoms with van der Waals surface area (Å²) in [5.74, 6) is 0.0555. The Morgan fingerprint density at radius 1 is 1.30 bits per heavy atom. The van der Waals surface area contributed by atoms with Crippen LogP contribution in [0.2, 0.25) is 0 Å². The van der Waals surface area contributed by atoms with E-state index < -0.39 is 5.97 Å². The third kappa shape index (κ3) is 3.63. The Morgan fingerprint density at radius 2 is 2.00 bits per heavy atom. The highest BCUT2D eigenvalue weighted by Gasteiger charge is 2.21. The minimum atomic E-state index is -0.831. The molecule has 0 radical (unpaired) electrons. The Hall–Kier alpha value is -1.28. The summed E-state index contributed by atoms with van der Waals surface area (Å²) in [6.07, 6.45) is 0.972. The van der Waals surface area contributed by atoms with Crippen LogP contribution in [0.4, 0.5) is 5.95 Å². The van der Waals surface area contributed by atoms with Crippen LogP contribution in [-0.4, -0.2) is 69.7 Å². The van der Waals surface area contributed by atoms with Gasteiger partial charge in [0.2, 0.25) is 5.95 Å². The lowest BCUT2D eigenvalue weighted by Gasteiger charge is -2.33. The lowest BCUT2D eigenvalue weighted by atomic mass is 10.3. The molecule has 0 bridgehead atoms. The predicted octanol–water partition coefficient (Wildman–Crippen LogP) is 0.617. The number of nitrogens with zero attached hydrogens (tertiary/aromatic N) is 5. The van der Waals surface area contributed by atoms with E-state index in [1.165, 1.54) is 11.8 Å². The summed E-state index contributed by atoms with van der Waals surface area (Å²) < 4.78 is 2.04. The molecule has 0 unspecified atom stereocenters. The number of carbonyl (C=O) groups is 1. The molecule has 20 heavy (non-hydrogen) atoms. The van der Waals surface area contributed by atoms with Crippen LogP contribution in [-0.2, 0) is 11.3 Å². The molecule has 0 spiro atoms. The lowest BCUT2D eigenvalue weighted by Crippen LogP contribution is -2.45. The Labute approximate surface area is 123 Å². The lowest BCUT2D eigenvalue weighted by molar-refractivity contribution is -0.133. The molecule has 0 saturated carbocycles. The van der Waals surface area contributed by atoms with Crippen LogP contribution >= 0.6 is 11.8 Å². The highest BCUT2D eigenvalue weighted by Crippen LogP contribution is 2.23. The number of rotatable bonds is 6. The fraction of sp³-hybridized carbons (Fsp3) is 0.750. The third-order valence-electron chi connectivity index (χ3n) is 3.26. The SMILES string of the molecule is CCCn1c(SCC(=O)O)nnc1N1CCN(C)CC1. The number of aliphatic carboxylic acids is 1. The number of thioether (sulfide) groups is 1. The zero-order chi connectivity index (χ0) is 14.5. The minimum absolute atomic E-state index is 0.0184. The van der Waals surface area contributed by atoms with Gasteiger partial charge in [0, 0.05) is 32.7 Å². The molecule has 1 aromatic rings. The summed E-state index contributed by atoms with van der Waals surface area (Å²) in [6, 6.07) is 0. The van der Waals surface area contributed by atoms with Crippen LogP contribution in [0.25, 0.3) is 0 Å². The maximum Gasteiger partial charge on any atom is 0.313 e. The number of carboxylic acid groups (broad SMARTS) is 1. The highest BCUT2D eigenvalue weighted by atomic mass is 32.2. The molecule has 1 N–H and O–H groups in total. The monoisotopic (exact) mass is 299 g/mol. The number of hydrogen-bond acceptors (Lipinski definition) is 6. The molecule has 0 aromatic carbocycles. The van der Waals surface area contributed by atoms with E-state index in [9.17, 15) is 4.79 Å². The summed E-state index contributed by atoms with van der Waals surface area (Å²) in [6.45, 7) is 6.80. The number of hydrogen-bond donors (Lipinski definition) is 1. The number of aromatic nitrogens is 3. The quantitative estimate of drug-likeness (QED) is 0.772. The number of anilines is 1. The first-order valence-corrected chi connectivity index (χ1v) is 7.81. The molecule has 2 heterocycles. The summed E-state index contributed by atoms with van der Waals surface area (Å²) in [5, 5.41) is 17.9. The second-order valence-electron chi connectivity index (χ2n) is 4.91. The van der Waals surface area contributed by atoms with Crippen molar-refractivity contribution in [2.75, 3.05) is 43.9 Å². The van der Waals surface area contributed by atoms with Crippen molar-refractivity contribution in [2.45, 2.75) is 25.0 Å². The highest BCUT2D eigenvalue weighted by molar-refractivity contribution is 7.99. The molecule has 0 atom stereocenters. The van der Waals surface area contributed by atoms with Crippen molar-refractivity contribution in [1.82, 2.24) is 19.7 Å². The van der Waals surface area contributed by atoms with Crippen LogP contribution in [0.15, 0.2) is 5.16 Å². The largest absolute Gasteiger partial charge is 0.481 e. The number of likely N-dealkylation sites (N-methyl/N-ethyl adjacent to an activating group) is 1. The van der Waals surface area contributed by atoms with Gasteiger partial charge in [-0.25, -0.2) is 0 Å². The molecule has 1 aliphatic rings. The maximum atomic E-state index is 10.7. The van der Waals surface area contributed by atoms with E-state index in [1.807, 2.05) is 4.57 Å². The number of carboxylic acids is 1. The van der Waals surface area contributed by atoms with E-state index >= 15 is 0 Å². The maximum absolute atomic E-state index is 10.7. The second kappa shape index (κ2) is 6.94. The van der Waals surface area contributed by atoms with Gasteiger partial charge in [-0.15, -0.1) is 10.2 Å². The van der Waals surface area contributed by atoms with Crippen LogP contribution < -0.4 is 4.90 Å². The smallest absolute Gasteiger partial charge is 0.313 e. The fourth-order valence-electron chi connectivity index (χ4n) is 2.17. The molecule has 1 fully saturated rings. The van der Waals surface area contributed by atoms with Gasteiger partial charge in [-0.1, -0.05) is 18.7 Å². The molecule has 7 nitrogen and oxygen atoms in total. The van der Waals surface area contributed by atoms with Gasteiger partial charge in [0.15, 0.2) is 5.16 Å². The van der Waals surface area contributed by atoms with Gasteiger partial charge in [0.25, 0.3) is 0 Å². The third-order valence-corrected chi connectivity index (χ3v) is 4.21. The van der Waals surface area contributed by atoms with Gasteiger partial charge < -0.3 is 14.9 Å². The van der Waals surface area contributed by atoms with Crippen LogP contribution in [0.5, 0.6) is 0 Å². The molecular formula is C12H21N5O2S. The summed E-state index contributed by atoms with van der Waals surface area (Å²) in [5.41, 5.74) is 0. The zero-order valence-electron chi connectivity index (χ0n) is 11.9. The van der Waals surface area contributed by atoms with Gasteiger partial charge in [-0.2, -0.15) is 0 Å². The molecule has 2 rings (SSSR count). The Balaban J connectivity index is 2.13. The van der Waals surface area contributed by atoms with Gasteiger partial charge in [0.1, 0.15) is 0 Å². The van der Waals surface area contributed by atoms with Gasteiger partial charge in [-0.05, 0) is 13.5 Å². The van der Waals surface area contributed by atoms with Crippen LogP contribution in [0.3, 0.4) is 0 Å². The Kier molecular flexibility index (Phi) is 5.24. The average molecular weight is 299 g/mol.